The van der Waals surface area contributed by atoms with Crippen molar-refractivity contribution in [2.75, 3.05) is 46.6 Å². The van der Waals surface area contributed by atoms with Gasteiger partial charge in [0.1, 0.15) is 12.2 Å². The Morgan fingerprint density at radius 1 is 1.17 bits per heavy atom. The van der Waals surface area contributed by atoms with Gasteiger partial charge in [0.05, 0.1) is 24.7 Å². The first-order chi connectivity index (χ1) is 14.5. The fourth-order valence-corrected chi connectivity index (χ4v) is 4.30. The van der Waals surface area contributed by atoms with E-state index in [0.29, 0.717) is 38.5 Å². The Morgan fingerprint density at radius 3 is 2.60 bits per heavy atom. The second-order valence-electron chi connectivity index (χ2n) is 6.54. The number of ether oxygens (including phenoxy) is 3. The van der Waals surface area contributed by atoms with Crippen molar-refractivity contribution in [2.45, 2.75) is 11.4 Å². The molecule has 0 unspecified atom stereocenters. The number of methoxy groups -OCH3 is 1. The first-order valence-corrected chi connectivity index (χ1v) is 11.0. The summed E-state index contributed by atoms with van der Waals surface area (Å²) in [6.07, 6.45) is 1.55. The lowest BCUT2D eigenvalue weighted by Gasteiger charge is -2.26. The van der Waals surface area contributed by atoms with E-state index in [2.05, 4.69) is 10.3 Å². The van der Waals surface area contributed by atoms with Crippen LogP contribution in [0, 0.1) is 0 Å². The maximum absolute atomic E-state index is 12.7. The largest absolute Gasteiger partial charge is 0.475 e. The van der Waals surface area contributed by atoms with Gasteiger partial charge >= 0.3 is 0 Å². The summed E-state index contributed by atoms with van der Waals surface area (Å²) in [5, 5.41) is 2.80. The van der Waals surface area contributed by atoms with Crippen molar-refractivity contribution >= 4 is 15.9 Å². The van der Waals surface area contributed by atoms with Crippen LogP contribution in [0.2, 0.25) is 0 Å². The number of pyridine rings is 1. The lowest BCUT2D eigenvalue weighted by atomic mass is 10.2. The summed E-state index contributed by atoms with van der Waals surface area (Å²) in [5.41, 5.74) is 1.09. The normalized spacial score (nSPS) is 15.0. The van der Waals surface area contributed by atoms with Gasteiger partial charge in [-0.3, -0.25) is 4.79 Å². The molecule has 2 aromatic rings. The molecule has 1 aliphatic heterocycles. The summed E-state index contributed by atoms with van der Waals surface area (Å²) >= 11 is 0. The van der Waals surface area contributed by atoms with Crippen LogP contribution in [-0.4, -0.2) is 70.2 Å². The highest BCUT2D eigenvalue weighted by Gasteiger charge is 2.26. The molecule has 162 valence electrons. The van der Waals surface area contributed by atoms with Crippen molar-refractivity contribution < 1.29 is 27.4 Å². The number of carbonyl (C=O) groups is 1. The van der Waals surface area contributed by atoms with E-state index in [9.17, 15) is 13.2 Å². The van der Waals surface area contributed by atoms with Gasteiger partial charge in [-0.2, -0.15) is 4.31 Å². The van der Waals surface area contributed by atoms with Crippen LogP contribution in [0.4, 0.5) is 0 Å². The van der Waals surface area contributed by atoms with Gasteiger partial charge in [0.2, 0.25) is 15.9 Å². The second kappa shape index (κ2) is 10.5. The second-order valence-corrected chi connectivity index (χ2v) is 8.48. The van der Waals surface area contributed by atoms with Gasteiger partial charge in [-0.15, -0.1) is 0 Å². The summed E-state index contributed by atoms with van der Waals surface area (Å²) < 4.78 is 42.4. The van der Waals surface area contributed by atoms with Gasteiger partial charge in [0.15, 0.2) is 0 Å². The van der Waals surface area contributed by atoms with Crippen molar-refractivity contribution in [2.24, 2.45) is 0 Å². The third-order valence-corrected chi connectivity index (χ3v) is 6.44. The summed E-state index contributed by atoms with van der Waals surface area (Å²) in [4.78, 5) is 16.8. The number of morpholine rings is 1. The minimum Gasteiger partial charge on any atom is -0.475 e. The van der Waals surface area contributed by atoms with E-state index < -0.39 is 10.0 Å². The minimum absolute atomic E-state index is 0.223. The number of sulfonamides is 1. The molecule has 1 aromatic carbocycles. The van der Waals surface area contributed by atoms with Crippen LogP contribution in [0.5, 0.6) is 5.88 Å². The number of rotatable bonds is 9. The van der Waals surface area contributed by atoms with Crippen LogP contribution < -0.4 is 10.1 Å². The van der Waals surface area contributed by atoms with Crippen LogP contribution >= 0.6 is 0 Å². The Hall–Kier alpha value is -2.53. The summed E-state index contributed by atoms with van der Waals surface area (Å²) in [5.74, 6) is -0.0977. The zero-order chi connectivity index (χ0) is 21.4. The molecule has 0 spiro atoms. The average molecular weight is 436 g/mol. The van der Waals surface area contributed by atoms with E-state index in [1.165, 1.54) is 4.31 Å². The predicted octanol–water partition coefficient (Wildman–Crippen LogP) is 1.06. The molecule has 9 nitrogen and oxygen atoms in total. The number of amides is 1. The molecule has 0 radical (unpaired) electrons. The fraction of sp³-hybridized carbons (Fsp3) is 0.400. The van der Waals surface area contributed by atoms with Crippen molar-refractivity contribution in [1.82, 2.24) is 14.6 Å². The Morgan fingerprint density at radius 2 is 1.90 bits per heavy atom. The molecular formula is C20H25N3O6S. The number of nitrogens with one attached hydrogen (secondary N) is 1. The fourth-order valence-electron chi connectivity index (χ4n) is 2.89. The van der Waals surface area contributed by atoms with E-state index >= 15 is 0 Å². The first-order valence-electron chi connectivity index (χ1n) is 9.54. The Kier molecular flexibility index (Phi) is 7.75. The van der Waals surface area contributed by atoms with Gasteiger partial charge in [-0.1, -0.05) is 12.1 Å². The average Bonchev–Trinajstić information content (AvgIpc) is 2.79. The lowest BCUT2D eigenvalue weighted by Crippen LogP contribution is -2.40. The van der Waals surface area contributed by atoms with Crippen molar-refractivity contribution in [3.8, 4) is 5.88 Å². The zero-order valence-electron chi connectivity index (χ0n) is 16.7. The highest BCUT2D eigenvalue weighted by Crippen LogP contribution is 2.18. The summed E-state index contributed by atoms with van der Waals surface area (Å²) in [7, 11) is -1.98. The molecule has 1 amide bonds. The molecule has 0 atom stereocenters. The molecular weight excluding hydrogens is 410 g/mol. The molecule has 0 aliphatic carbocycles. The van der Waals surface area contributed by atoms with Crippen molar-refractivity contribution in [1.29, 1.82) is 0 Å². The number of aromatic nitrogens is 1. The molecule has 30 heavy (non-hydrogen) atoms. The first kappa shape index (κ1) is 22.2. The predicted molar refractivity (Wildman–Crippen MR) is 109 cm³/mol. The Balaban J connectivity index is 1.61. The van der Waals surface area contributed by atoms with Gasteiger partial charge in [-0.25, -0.2) is 13.4 Å². The smallest absolute Gasteiger partial charge is 0.257 e. The maximum atomic E-state index is 12.7. The molecule has 0 saturated carbocycles. The molecule has 1 aliphatic rings. The van der Waals surface area contributed by atoms with Gasteiger partial charge in [0.25, 0.3) is 5.91 Å². The van der Waals surface area contributed by atoms with Crippen LogP contribution in [-0.2, 0) is 26.0 Å². The van der Waals surface area contributed by atoms with E-state index in [0.717, 1.165) is 5.56 Å². The van der Waals surface area contributed by atoms with Crippen molar-refractivity contribution in [3.05, 3.63) is 53.7 Å². The van der Waals surface area contributed by atoms with Crippen LogP contribution in [0.1, 0.15) is 15.9 Å². The van der Waals surface area contributed by atoms with Gasteiger partial charge in [0, 0.05) is 32.9 Å². The van der Waals surface area contributed by atoms with E-state index in [4.69, 9.17) is 14.2 Å². The van der Waals surface area contributed by atoms with E-state index in [1.54, 1.807) is 49.7 Å². The molecule has 1 fully saturated rings. The zero-order valence-corrected chi connectivity index (χ0v) is 17.6. The SMILES string of the molecule is COCCOc1ncccc1C(=O)NCc1ccc(S(=O)(=O)N2CCOCC2)cc1. The van der Waals surface area contributed by atoms with Gasteiger partial charge in [-0.05, 0) is 29.8 Å². The number of nitrogens with zero attached hydrogens (tertiary/aromatic N) is 2. The topological polar surface area (TPSA) is 107 Å². The van der Waals surface area contributed by atoms with Crippen LogP contribution in [0.25, 0.3) is 0 Å². The molecule has 2 heterocycles. The van der Waals surface area contributed by atoms with Crippen LogP contribution in [0.3, 0.4) is 0 Å². The van der Waals surface area contributed by atoms with E-state index in [-0.39, 0.29) is 29.8 Å². The Labute approximate surface area is 176 Å². The monoisotopic (exact) mass is 435 g/mol. The third kappa shape index (κ3) is 5.54. The number of hydrogen-bond acceptors (Lipinski definition) is 7. The molecule has 10 heteroatoms. The lowest BCUT2D eigenvalue weighted by molar-refractivity contribution is 0.0730. The molecule has 1 saturated heterocycles. The molecule has 3 rings (SSSR count). The molecule has 1 N–H and O–H groups in total. The quantitative estimate of drug-likeness (QED) is 0.587. The number of carbonyl (C=O) groups excluding carboxylic acids is 1. The standard InChI is InChI=1S/C20H25N3O6S/c1-27-13-14-29-20-18(3-2-8-21-20)19(24)22-15-16-4-6-17(7-5-16)30(25,26)23-9-11-28-12-10-23/h2-8H,9-15H2,1H3,(H,22,24). The minimum atomic E-state index is -3.54. The highest BCUT2D eigenvalue weighted by molar-refractivity contribution is 7.89. The van der Waals surface area contributed by atoms with E-state index in [1.807, 2.05) is 0 Å². The summed E-state index contributed by atoms with van der Waals surface area (Å²) in [6.45, 7) is 2.40. The number of benzene rings is 1. The number of hydrogen-bond donors (Lipinski definition) is 1. The maximum Gasteiger partial charge on any atom is 0.257 e. The summed E-state index contributed by atoms with van der Waals surface area (Å²) in [6, 6.07) is 9.76. The highest BCUT2D eigenvalue weighted by atomic mass is 32.2. The molecule has 1 aromatic heterocycles. The molecule has 0 bridgehead atoms. The van der Waals surface area contributed by atoms with Crippen molar-refractivity contribution in [3.63, 3.8) is 0 Å². The van der Waals surface area contributed by atoms with Gasteiger partial charge < -0.3 is 19.5 Å². The third-order valence-electron chi connectivity index (χ3n) is 4.53. The Bertz CT molecular complexity index is 943. The van der Waals surface area contributed by atoms with Crippen LogP contribution in [0.15, 0.2) is 47.5 Å².